The Morgan fingerprint density at radius 3 is 2.54 bits per heavy atom. The van der Waals surface area contributed by atoms with Gasteiger partial charge in [0.2, 0.25) is 0 Å². The zero-order valence-electron chi connectivity index (χ0n) is 16.1. The van der Waals surface area contributed by atoms with E-state index < -0.39 is 0 Å². The molecule has 0 radical (unpaired) electrons. The molecule has 0 amide bonds. The largest absolute Gasteiger partial charge is 0.347 e. The van der Waals surface area contributed by atoms with Crippen LogP contribution in [-0.4, -0.2) is 10.4 Å². The number of nitrogens with zero attached hydrogens (tertiary/aromatic N) is 1. The number of unbranched alkanes of at least 4 members (excludes halogenated alkanes) is 3. The fourth-order valence-electron chi connectivity index (χ4n) is 3.94. The molecule has 0 saturated carbocycles. The quantitative estimate of drug-likeness (QED) is 0.259. The van der Waals surface area contributed by atoms with Crippen LogP contribution in [0.25, 0.3) is 21.7 Å². The number of fused-ring (bicyclic) bond motifs is 2. The van der Waals surface area contributed by atoms with E-state index in [1.807, 2.05) is 59.3 Å². The van der Waals surface area contributed by atoms with E-state index in [2.05, 4.69) is 6.92 Å². The first kappa shape index (κ1) is 18.4. The van der Waals surface area contributed by atoms with Crippen LogP contribution in [-0.2, 0) is 6.54 Å². The van der Waals surface area contributed by atoms with Crippen LogP contribution in [0.3, 0.4) is 0 Å². The van der Waals surface area contributed by atoms with E-state index in [1.54, 1.807) is 6.07 Å². The minimum absolute atomic E-state index is 0.126. The number of aromatic nitrogens is 1. The van der Waals surface area contributed by atoms with Crippen molar-refractivity contribution in [2.75, 3.05) is 0 Å². The van der Waals surface area contributed by atoms with Gasteiger partial charge in [-0.15, -0.1) is 0 Å². The first-order valence-corrected chi connectivity index (χ1v) is 10.0. The standard InChI is InChI=1S/C25H24FNO/c1-2-3-4-7-16-27-17-21(24-22(26)14-9-15-23(24)27)25(28)20-13-8-11-18-10-5-6-12-19(18)20/h5-6,8-15,17H,2-4,7,16H2,1H3. The molecule has 0 spiro atoms. The molecule has 0 fully saturated rings. The van der Waals surface area contributed by atoms with E-state index in [4.69, 9.17) is 0 Å². The Morgan fingerprint density at radius 1 is 0.893 bits per heavy atom. The first-order chi connectivity index (χ1) is 13.7. The molecule has 0 aliphatic heterocycles. The van der Waals surface area contributed by atoms with E-state index in [1.165, 1.54) is 18.9 Å². The number of carbonyl (C=O) groups is 1. The Kier molecular flexibility index (Phi) is 5.25. The van der Waals surface area contributed by atoms with Crippen molar-refractivity contribution in [1.82, 2.24) is 4.57 Å². The summed E-state index contributed by atoms with van der Waals surface area (Å²) < 4.78 is 16.8. The number of carbonyl (C=O) groups excluding carboxylic acids is 1. The van der Waals surface area contributed by atoms with E-state index in [0.29, 0.717) is 16.5 Å². The number of rotatable bonds is 7. The molecule has 3 aromatic carbocycles. The summed E-state index contributed by atoms with van der Waals surface area (Å²) in [6, 6.07) is 18.6. The highest BCUT2D eigenvalue weighted by Gasteiger charge is 2.20. The molecule has 1 heterocycles. The first-order valence-electron chi connectivity index (χ1n) is 10.0. The highest BCUT2D eigenvalue weighted by atomic mass is 19.1. The Bertz CT molecular complexity index is 1140. The summed E-state index contributed by atoms with van der Waals surface area (Å²) in [7, 11) is 0. The van der Waals surface area contributed by atoms with Crippen molar-refractivity contribution in [3.8, 4) is 0 Å². The number of halogens is 1. The zero-order chi connectivity index (χ0) is 19.5. The second-order valence-corrected chi connectivity index (χ2v) is 7.29. The maximum absolute atomic E-state index is 14.7. The minimum Gasteiger partial charge on any atom is -0.347 e. The third-order valence-electron chi connectivity index (χ3n) is 5.39. The van der Waals surface area contributed by atoms with Gasteiger partial charge in [0, 0.05) is 23.7 Å². The maximum atomic E-state index is 14.7. The molecule has 2 nitrogen and oxygen atoms in total. The monoisotopic (exact) mass is 373 g/mol. The molecule has 1 aromatic heterocycles. The second-order valence-electron chi connectivity index (χ2n) is 7.29. The van der Waals surface area contributed by atoms with Crippen molar-refractivity contribution >= 4 is 27.5 Å². The summed E-state index contributed by atoms with van der Waals surface area (Å²) in [6.45, 7) is 2.98. The van der Waals surface area contributed by atoms with Crippen LogP contribution in [0, 0.1) is 5.82 Å². The van der Waals surface area contributed by atoms with E-state index in [0.717, 1.165) is 35.7 Å². The summed E-state index contributed by atoms with van der Waals surface area (Å²) in [5.41, 5.74) is 1.85. The van der Waals surface area contributed by atoms with Gasteiger partial charge < -0.3 is 4.57 Å². The van der Waals surface area contributed by atoms with Gasteiger partial charge in [-0.25, -0.2) is 4.39 Å². The van der Waals surface area contributed by atoms with Crippen molar-refractivity contribution in [3.63, 3.8) is 0 Å². The van der Waals surface area contributed by atoms with Gasteiger partial charge in [0.25, 0.3) is 0 Å². The number of aryl methyl sites for hydroxylation is 1. The third-order valence-corrected chi connectivity index (χ3v) is 5.39. The summed E-state index contributed by atoms with van der Waals surface area (Å²) in [5, 5.41) is 2.34. The molecule has 0 unspecified atom stereocenters. The number of hydrogen-bond acceptors (Lipinski definition) is 1. The lowest BCUT2D eigenvalue weighted by Crippen LogP contribution is -2.02. The van der Waals surface area contributed by atoms with Gasteiger partial charge in [-0.05, 0) is 29.3 Å². The highest BCUT2D eigenvalue weighted by molar-refractivity contribution is 6.21. The lowest BCUT2D eigenvalue weighted by Gasteiger charge is -2.05. The Balaban J connectivity index is 1.80. The smallest absolute Gasteiger partial charge is 0.195 e. The van der Waals surface area contributed by atoms with E-state index >= 15 is 0 Å². The fourth-order valence-corrected chi connectivity index (χ4v) is 3.94. The van der Waals surface area contributed by atoms with E-state index in [-0.39, 0.29) is 11.6 Å². The maximum Gasteiger partial charge on any atom is 0.195 e. The van der Waals surface area contributed by atoms with Crippen molar-refractivity contribution in [1.29, 1.82) is 0 Å². The van der Waals surface area contributed by atoms with Crippen molar-refractivity contribution in [2.45, 2.75) is 39.2 Å². The fraction of sp³-hybridized carbons (Fsp3) is 0.240. The number of ketones is 1. The molecule has 28 heavy (non-hydrogen) atoms. The molecular weight excluding hydrogens is 349 g/mol. The second kappa shape index (κ2) is 7.97. The van der Waals surface area contributed by atoms with Crippen molar-refractivity contribution in [3.05, 3.63) is 83.8 Å². The molecule has 0 aliphatic rings. The topological polar surface area (TPSA) is 22.0 Å². The Labute approximate surface area is 164 Å². The lowest BCUT2D eigenvalue weighted by molar-refractivity contribution is 0.104. The molecule has 142 valence electrons. The van der Waals surface area contributed by atoms with Crippen LogP contribution in [0.4, 0.5) is 4.39 Å². The molecule has 4 rings (SSSR count). The van der Waals surface area contributed by atoms with Crippen LogP contribution in [0.15, 0.2) is 66.9 Å². The van der Waals surface area contributed by atoms with Gasteiger partial charge in [-0.3, -0.25) is 4.79 Å². The van der Waals surface area contributed by atoms with Gasteiger partial charge in [-0.1, -0.05) is 74.7 Å². The average Bonchev–Trinajstić information content (AvgIpc) is 3.10. The summed E-state index contributed by atoms with van der Waals surface area (Å²) >= 11 is 0. The summed E-state index contributed by atoms with van der Waals surface area (Å²) in [6.07, 6.45) is 6.36. The molecule has 0 bridgehead atoms. The van der Waals surface area contributed by atoms with Crippen LogP contribution < -0.4 is 0 Å². The molecule has 0 aliphatic carbocycles. The molecule has 0 N–H and O–H groups in total. The molecular formula is C25H24FNO. The molecule has 0 saturated heterocycles. The average molecular weight is 373 g/mol. The van der Waals surface area contributed by atoms with Gasteiger partial charge >= 0.3 is 0 Å². The van der Waals surface area contributed by atoms with Crippen LogP contribution in [0.1, 0.15) is 48.5 Å². The third kappa shape index (κ3) is 3.33. The van der Waals surface area contributed by atoms with Gasteiger partial charge in [0.1, 0.15) is 5.82 Å². The van der Waals surface area contributed by atoms with Gasteiger partial charge in [0.15, 0.2) is 5.78 Å². The van der Waals surface area contributed by atoms with Crippen LogP contribution in [0.5, 0.6) is 0 Å². The van der Waals surface area contributed by atoms with Crippen LogP contribution >= 0.6 is 0 Å². The molecule has 4 aromatic rings. The lowest BCUT2D eigenvalue weighted by atomic mass is 9.97. The SMILES string of the molecule is CCCCCCn1cc(C(=O)c2cccc3ccccc23)c2c(F)cccc21. The predicted octanol–water partition coefficient (Wildman–Crippen LogP) is 6.74. The van der Waals surface area contributed by atoms with E-state index in [9.17, 15) is 9.18 Å². The Hall–Kier alpha value is -2.94. The number of hydrogen-bond donors (Lipinski definition) is 0. The van der Waals surface area contributed by atoms with Crippen molar-refractivity contribution in [2.24, 2.45) is 0 Å². The molecule has 0 atom stereocenters. The Morgan fingerprint density at radius 2 is 1.68 bits per heavy atom. The van der Waals surface area contributed by atoms with Crippen molar-refractivity contribution < 1.29 is 9.18 Å². The van der Waals surface area contributed by atoms with Gasteiger partial charge in [0.05, 0.1) is 11.1 Å². The summed E-state index contributed by atoms with van der Waals surface area (Å²) in [5.74, 6) is -0.465. The zero-order valence-corrected chi connectivity index (χ0v) is 16.1. The number of benzene rings is 3. The van der Waals surface area contributed by atoms with Gasteiger partial charge in [-0.2, -0.15) is 0 Å². The normalized spacial score (nSPS) is 11.4. The highest BCUT2D eigenvalue weighted by Crippen LogP contribution is 2.29. The predicted molar refractivity (Wildman–Crippen MR) is 113 cm³/mol. The molecule has 3 heteroatoms. The summed E-state index contributed by atoms with van der Waals surface area (Å²) in [4.78, 5) is 13.4. The van der Waals surface area contributed by atoms with Crippen LogP contribution in [0.2, 0.25) is 0 Å². The minimum atomic E-state index is -0.339.